The summed E-state index contributed by atoms with van der Waals surface area (Å²) in [6.45, 7) is 11.4. The third-order valence-electron chi connectivity index (χ3n) is 6.33. The molecule has 1 aliphatic rings. The fraction of sp³-hybridized carbons (Fsp3) is 0.692. The first-order valence-corrected chi connectivity index (χ1v) is 11.4. The van der Waals surface area contributed by atoms with Gasteiger partial charge in [-0.1, -0.05) is 51.2 Å². The Morgan fingerprint density at radius 1 is 1.11 bits per heavy atom. The largest absolute Gasteiger partial charge is 0.508 e. The molecular formula is C26H42O2. The lowest BCUT2D eigenvalue weighted by molar-refractivity contribution is 0.0523. The van der Waals surface area contributed by atoms with Crippen LogP contribution in [0, 0.1) is 11.8 Å². The van der Waals surface area contributed by atoms with E-state index in [1.54, 1.807) is 6.07 Å². The first kappa shape index (κ1) is 22.8. The zero-order valence-corrected chi connectivity index (χ0v) is 18.9. The standard InChI is InChI=1S/C26H42O2/c1-20(2)9-6-10-21(3)11-7-12-22(4)13-8-17-26(5)18-16-23-19-24(27)14-15-25(23)28-26/h9,14-15,19,21-22,27H,6-8,10-13,16-18H2,1-5H3. The first-order chi connectivity index (χ1) is 13.3. The van der Waals surface area contributed by atoms with Crippen LogP contribution in [0.5, 0.6) is 11.5 Å². The van der Waals surface area contributed by atoms with Crippen LogP contribution in [0.4, 0.5) is 0 Å². The lowest BCUT2D eigenvalue weighted by Crippen LogP contribution is -2.36. The van der Waals surface area contributed by atoms with Gasteiger partial charge in [0.1, 0.15) is 17.1 Å². The van der Waals surface area contributed by atoms with E-state index < -0.39 is 0 Å². The molecule has 1 aliphatic heterocycles. The normalized spacial score (nSPS) is 20.8. The molecule has 0 saturated carbocycles. The fourth-order valence-corrected chi connectivity index (χ4v) is 4.34. The van der Waals surface area contributed by atoms with E-state index in [1.807, 2.05) is 12.1 Å². The molecule has 0 saturated heterocycles. The predicted octanol–water partition coefficient (Wildman–Crippen LogP) is 7.84. The van der Waals surface area contributed by atoms with Crippen LogP contribution in [0.2, 0.25) is 0 Å². The van der Waals surface area contributed by atoms with Crippen molar-refractivity contribution in [2.75, 3.05) is 0 Å². The minimum Gasteiger partial charge on any atom is -0.508 e. The lowest BCUT2D eigenvalue weighted by atomic mass is 9.86. The first-order valence-electron chi connectivity index (χ1n) is 11.4. The van der Waals surface area contributed by atoms with Gasteiger partial charge in [-0.25, -0.2) is 0 Å². The van der Waals surface area contributed by atoms with E-state index in [1.165, 1.54) is 50.5 Å². The molecule has 1 aromatic rings. The van der Waals surface area contributed by atoms with Crippen LogP contribution in [0.25, 0.3) is 0 Å². The quantitative estimate of drug-likeness (QED) is 0.392. The summed E-state index contributed by atoms with van der Waals surface area (Å²) in [5.74, 6) is 2.95. The van der Waals surface area contributed by atoms with Gasteiger partial charge in [-0.05, 0) is 94.9 Å². The lowest BCUT2D eigenvalue weighted by Gasteiger charge is -2.36. The van der Waals surface area contributed by atoms with E-state index in [9.17, 15) is 5.11 Å². The Morgan fingerprint density at radius 2 is 1.79 bits per heavy atom. The third kappa shape index (κ3) is 7.89. The number of phenols is 1. The maximum atomic E-state index is 9.63. The van der Waals surface area contributed by atoms with Crippen molar-refractivity contribution in [2.24, 2.45) is 11.8 Å². The van der Waals surface area contributed by atoms with Gasteiger partial charge in [-0.3, -0.25) is 0 Å². The number of rotatable bonds is 11. The summed E-state index contributed by atoms with van der Waals surface area (Å²) < 4.78 is 6.31. The van der Waals surface area contributed by atoms with Crippen LogP contribution < -0.4 is 4.74 Å². The molecule has 0 aliphatic carbocycles. The second-order valence-corrected chi connectivity index (χ2v) is 9.74. The number of aromatic hydroxyl groups is 1. The molecule has 3 atom stereocenters. The predicted molar refractivity (Wildman–Crippen MR) is 120 cm³/mol. The van der Waals surface area contributed by atoms with Crippen LogP contribution in [-0.4, -0.2) is 10.7 Å². The minimum atomic E-state index is -0.0524. The fourth-order valence-electron chi connectivity index (χ4n) is 4.34. The number of fused-ring (bicyclic) bond motifs is 1. The van der Waals surface area contributed by atoms with E-state index >= 15 is 0 Å². The summed E-state index contributed by atoms with van der Waals surface area (Å²) in [7, 11) is 0. The van der Waals surface area contributed by atoms with Crippen molar-refractivity contribution in [2.45, 2.75) is 104 Å². The van der Waals surface area contributed by atoms with Gasteiger partial charge in [0, 0.05) is 0 Å². The van der Waals surface area contributed by atoms with Crippen LogP contribution in [0.15, 0.2) is 29.8 Å². The Kier molecular flexibility index (Phi) is 8.92. The Labute approximate surface area is 173 Å². The molecule has 28 heavy (non-hydrogen) atoms. The highest BCUT2D eigenvalue weighted by atomic mass is 16.5. The Morgan fingerprint density at radius 3 is 2.50 bits per heavy atom. The van der Waals surface area contributed by atoms with Gasteiger partial charge in [-0.2, -0.15) is 0 Å². The average molecular weight is 387 g/mol. The summed E-state index contributed by atoms with van der Waals surface area (Å²) in [4.78, 5) is 0. The molecule has 3 unspecified atom stereocenters. The van der Waals surface area contributed by atoms with E-state index in [0.717, 1.165) is 42.4 Å². The van der Waals surface area contributed by atoms with Gasteiger partial charge in [0.2, 0.25) is 0 Å². The summed E-state index contributed by atoms with van der Waals surface area (Å²) in [6, 6.07) is 5.49. The summed E-state index contributed by atoms with van der Waals surface area (Å²) in [6.07, 6.45) is 14.7. The molecule has 1 N–H and O–H groups in total. The third-order valence-corrected chi connectivity index (χ3v) is 6.33. The van der Waals surface area contributed by atoms with Crippen molar-refractivity contribution >= 4 is 0 Å². The molecule has 0 radical (unpaired) electrons. The summed E-state index contributed by atoms with van der Waals surface area (Å²) >= 11 is 0. The van der Waals surface area contributed by atoms with Crippen molar-refractivity contribution < 1.29 is 9.84 Å². The van der Waals surface area contributed by atoms with Gasteiger partial charge in [0.25, 0.3) is 0 Å². The molecule has 0 aromatic heterocycles. The average Bonchev–Trinajstić information content (AvgIpc) is 2.61. The highest BCUT2D eigenvalue weighted by Crippen LogP contribution is 2.37. The van der Waals surface area contributed by atoms with Crippen molar-refractivity contribution in [1.82, 2.24) is 0 Å². The summed E-state index contributed by atoms with van der Waals surface area (Å²) in [5.41, 5.74) is 2.53. The molecule has 1 heterocycles. The molecular weight excluding hydrogens is 344 g/mol. The Balaban J connectivity index is 1.62. The number of aryl methyl sites for hydroxylation is 1. The van der Waals surface area contributed by atoms with Crippen molar-refractivity contribution in [3.05, 3.63) is 35.4 Å². The highest BCUT2D eigenvalue weighted by molar-refractivity contribution is 5.41. The summed E-state index contributed by atoms with van der Waals surface area (Å²) in [5, 5.41) is 9.63. The molecule has 0 spiro atoms. The Hall–Kier alpha value is -1.44. The minimum absolute atomic E-state index is 0.0524. The SMILES string of the molecule is CC(C)=CCCC(C)CCCC(C)CCCC1(C)CCc2cc(O)ccc2O1. The van der Waals surface area contributed by atoms with Crippen LogP contribution in [0.1, 0.15) is 98.0 Å². The maximum Gasteiger partial charge on any atom is 0.123 e. The van der Waals surface area contributed by atoms with Gasteiger partial charge in [-0.15, -0.1) is 0 Å². The van der Waals surface area contributed by atoms with Crippen molar-refractivity contribution in [3.63, 3.8) is 0 Å². The number of phenolic OH excluding ortho intramolecular Hbond substituents is 1. The van der Waals surface area contributed by atoms with E-state index in [0.29, 0.717) is 5.75 Å². The van der Waals surface area contributed by atoms with Gasteiger partial charge in [0.15, 0.2) is 0 Å². The molecule has 1 aromatic carbocycles. The second-order valence-electron chi connectivity index (χ2n) is 9.74. The topological polar surface area (TPSA) is 29.5 Å². The maximum absolute atomic E-state index is 9.63. The zero-order chi connectivity index (χ0) is 20.6. The molecule has 0 fully saturated rings. The molecule has 2 nitrogen and oxygen atoms in total. The Bertz CT molecular complexity index is 629. The molecule has 2 rings (SSSR count). The molecule has 0 bridgehead atoms. The van der Waals surface area contributed by atoms with Gasteiger partial charge < -0.3 is 9.84 Å². The number of hydrogen-bond donors (Lipinski definition) is 1. The number of allylic oxidation sites excluding steroid dienone is 2. The monoisotopic (exact) mass is 386 g/mol. The van der Waals surface area contributed by atoms with Crippen LogP contribution in [0.3, 0.4) is 0 Å². The highest BCUT2D eigenvalue weighted by Gasteiger charge is 2.31. The van der Waals surface area contributed by atoms with Gasteiger partial charge in [0.05, 0.1) is 0 Å². The smallest absolute Gasteiger partial charge is 0.123 e. The van der Waals surface area contributed by atoms with E-state index in [2.05, 4.69) is 40.7 Å². The molecule has 0 amide bonds. The zero-order valence-electron chi connectivity index (χ0n) is 18.9. The van der Waals surface area contributed by atoms with E-state index in [-0.39, 0.29) is 5.60 Å². The van der Waals surface area contributed by atoms with E-state index in [4.69, 9.17) is 4.74 Å². The molecule has 158 valence electrons. The van der Waals surface area contributed by atoms with Gasteiger partial charge >= 0.3 is 0 Å². The second kappa shape index (κ2) is 10.9. The van der Waals surface area contributed by atoms with Crippen molar-refractivity contribution in [3.8, 4) is 11.5 Å². The number of hydrogen-bond acceptors (Lipinski definition) is 2. The number of ether oxygens (including phenoxy) is 1. The van der Waals surface area contributed by atoms with Crippen LogP contribution in [-0.2, 0) is 6.42 Å². The van der Waals surface area contributed by atoms with Crippen LogP contribution >= 0.6 is 0 Å². The van der Waals surface area contributed by atoms with Crippen molar-refractivity contribution in [1.29, 1.82) is 0 Å². The number of benzene rings is 1. The molecule has 2 heteroatoms.